The number of likely N-dealkylation sites (N-methyl/N-ethyl adjacent to an activating group) is 1. The number of nitrogens with zero attached hydrogens (tertiary/aromatic N) is 3. The van der Waals surface area contributed by atoms with Crippen LogP contribution in [0.2, 0.25) is 0 Å². The summed E-state index contributed by atoms with van der Waals surface area (Å²) in [5.41, 5.74) is 3.81. The Morgan fingerprint density at radius 2 is 2.03 bits per heavy atom. The van der Waals surface area contributed by atoms with Gasteiger partial charge in [0, 0.05) is 61.9 Å². The Morgan fingerprint density at radius 1 is 1.24 bits per heavy atom. The maximum Gasteiger partial charge on any atom is 0.271 e. The van der Waals surface area contributed by atoms with Crippen LogP contribution in [0.3, 0.4) is 0 Å². The number of H-pyrrole nitrogens is 1. The lowest BCUT2D eigenvalue weighted by Gasteiger charge is -2.39. The van der Waals surface area contributed by atoms with Gasteiger partial charge in [-0.25, -0.2) is 0 Å². The second-order valence-corrected chi connectivity index (χ2v) is 9.10. The third-order valence-corrected chi connectivity index (χ3v) is 6.66. The van der Waals surface area contributed by atoms with Crippen LogP contribution in [0, 0.1) is 5.92 Å². The summed E-state index contributed by atoms with van der Waals surface area (Å²) in [4.78, 5) is 37.0. The minimum Gasteiger partial charge on any atom is -0.364 e. The maximum atomic E-state index is 12.9. The van der Waals surface area contributed by atoms with E-state index in [9.17, 15) is 9.59 Å². The van der Waals surface area contributed by atoms with Crippen molar-refractivity contribution in [3.8, 4) is 11.1 Å². The fraction of sp³-hybridized carbons (Fsp3) is 0.500. The highest BCUT2D eigenvalue weighted by molar-refractivity contribution is 5.87. The van der Waals surface area contributed by atoms with Gasteiger partial charge in [0.1, 0.15) is 5.69 Å². The second kappa shape index (κ2) is 10.8. The van der Waals surface area contributed by atoms with E-state index in [1.807, 2.05) is 36.4 Å². The zero-order valence-electron chi connectivity index (χ0n) is 19.7. The monoisotopic (exact) mass is 449 g/mol. The number of amides is 1. The molecule has 4 rings (SSSR count). The number of carbonyl (C=O) groups is 1. The topological polar surface area (TPSA) is 81.3 Å². The Hall–Kier alpha value is -2.93. The molecule has 1 aliphatic carbocycles. The SMILES string of the molecule is CCc1cc(-c2c[nH]c(=O)c(N(CC3CC3)C3CCN(C(=O)/C=C/CNC)CC3)c2)ccn1. The van der Waals surface area contributed by atoms with Crippen molar-refractivity contribution in [3.63, 3.8) is 0 Å². The van der Waals surface area contributed by atoms with E-state index < -0.39 is 0 Å². The molecule has 176 valence electrons. The molecule has 2 aliphatic rings. The summed E-state index contributed by atoms with van der Waals surface area (Å²) in [5, 5.41) is 3.02. The van der Waals surface area contributed by atoms with Gasteiger partial charge in [-0.3, -0.25) is 14.6 Å². The third-order valence-electron chi connectivity index (χ3n) is 6.66. The van der Waals surface area contributed by atoms with Crippen molar-refractivity contribution in [1.29, 1.82) is 0 Å². The fourth-order valence-electron chi connectivity index (χ4n) is 4.51. The number of nitrogens with one attached hydrogen (secondary N) is 2. The lowest BCUT2D eigenvalue weighted by molar-refractivity contribution is -0.127. The van der Waals surface area contributed by atoms with Crippen molar-refractivity contribution in [3.05, 3.63) is 58.8 Å². The van der Waals surface area contributed by atoms with E-state index in [1.165, 1.54) is 12.8 Å². The molecule has 0 bridgehead atoms. The summed E-state index contributed by atoms with van der Waals surface area (Å²) in [6, 6.07) is 6.38. The number of aryl methyl sites for hydroxylation is 1. The number of aromatic amines is 1. The standard InChI is InChI=1S/C26H35N5O2/c1-3-22-15-20(8-12-28-22)21-16-24(26(33)29-17-21)31(18-19-6-7-19)23-9-13-30(14-10-23)25(32)5-4-11-27-2/h4-5,8,12,15-17,19,23,27H,3,6-7,9-11,13-14,18H2,1-2H3,(H,29,33)/b5-4+. The van der Waals surface area contributed by atoms with Crippen LogP contribution < -0.4 is 15.8 Å². The molecule has 1 saturated heterocycles. The molecular formula is C26H35N5O2. The van der Waals surface area contributed by atoms with Crippen molar-refractivity contribution < 1.29 is 4.79 Å². The molecule has 0 unspecified atom stereocenters. The Kier molecular flexibility index (Phi) is 7.60. The molecule has 1 aliphatic heterocycles. The Labute approximate surface area is 195 Å². The molecule has 1 saturated carbocycles. The number of aromatic nitrogens is 2. The quantitative estimate of drug-likeness (QED) is 0.575. The van der Waals surface area contributed by atoms with E-state index in [4.69, 9.17) is 0 Å². The molecule has 33 heavy (non-hydrogen) atoms. The van der Waals surface area contributed by atoms with Gasteiger partial charge in [-0.15, -0.1) is 0 Å². The van der Waals surface area contributed by atoms with Gasteiger partial charge in [0.15, 0.2) is 0 Å². The predicted molar refractivity (Wildman–Crippen MR) is 132 cm³/mol. The first-order chi connectivity index (χ1) is 16.1. The first-order valence-electron chi connectivity index (χ1n) is 12.1. The van der Waals surface area contributed by atoms with Gasteiger partial charge in [0.2, 0.25) is 5.91 Å². The summed E-state index contributed by atoms with van der Waals surface area (Å²) in [5.74, 6) is 0.728. The predicted octanol–water partition coefficient (Wildman–Crippen LogP) is 2.98. The number of anilines is 1. The summed E-state index contributed by atoms with van der Waals surface area (Å²) < 4.78 is 0. The number of hydrogen-bond acceptors (Lipinski definition) is 5. The van der Waals surface area contributed by atoms with Crippen LogP contribution in [-0.2, 0) is 11.2 Å². The average molecular weight is 450 g/mol. The number of rotatable bonds is 9. The Morgan fingerprint density at radius 3 is 2.73 bits per heavy atom. The highest BCUT2D eigenvalue weighted by Crippen LogP contribution is 2.34. The van der Waals surface area contributed by atoms with Gasteiger partial charge in [-0.1, -0.05) is 13.0 Å². The fourth-order valence-corrected chi connectivity index (χ4v) is 4.51. The van der Waals surface area contributed by atoms with Crippen LogP contribution in [0.25, 0.3) is 11.1 Å². The molecule has 2 N–H and O–H groups in total. The van der Waals surface area contributed by atoms with Gasteiger partial charge >= 0.3 is 0 Å². The molecule has 2 fully saturated rings. The van der Waals surface area contributed by atoms with Gasteiger partial charge in [0.25, 0.3) is 5.56 Å². The van der Waals surface area contributed by atoms with Crippen LogP contribution in [0.1, 0.15) is 38.3 Å². The highest BCUT2D eigenvalue weighted by Gasteiger charge is 2.32. The first kappa shape index (κ1) is 23.2. The van der Waals surface area contributed by atoms with Gasteiger partial charge < -0.3 is 20.1 Å². The van der Waals surface area contributed by atoms with E-state index in [0.717, 1.165) is 61.4 Å². The van der Waals surface area contributed by atoms with Crippen molar-refractivity contribution >= 4 is 11.6 Å². The lowest BCUT2D eigenvalue weighted by atomic mass is 10.0. The van der Waals surface area contributed by atoms with Crippen molar-refractivity contribution in [2.75, 3.05) is 38.1 Å². The molecule has 2 aromatic heterocycles. The average Bonchev–Trinajstić information content (AvgIpc) is 3.67. The van der Waals surface area contributed by atoms with Crippen LogP contribution in [-0.4, -0.2) is 60.0 Å². The van der Waals surface area contributed by atoms with Crippen molar-refractivity contribution in [2.24, 2.45) is 5.92 Å². The molecule has 0 radical (unpaired) electrons. The molecule has 7 nitrogen and oxygen atoms in total. The van der Waals surface area contributed by atoms with E-state index in [1.54, 1.807) is 12.3 Å². The van der Waals surface area contributed by atoms with Crippen LogP contribution in [0.15, 0.2) is 47.5 Å². The maximum absolute atomic E-state index is 12.9. The van der Waals surface area contributed by atoms with Crippen LogP contribution >= 0.6 is 0 Å². The van der Waals surface area contributed by atoms with Crippen molar-refractivity contribution in [1.82, 2.24) is 20.2 Å². The zero-order chi connectivity index (χ0) is 23.2. The third kappa shape index (κ3) is 5.90. The summed E-state index contributed by atoms with van der Waals surface area (Å²) >= 11 is 0. The largest absolute Gasteiger partial charge is 0.364 e. The Bertz CT molecular complexity index is 1030. The normalized spacial score (nSPS) is 17.0. The summed E-state index contributed by atoms with van der Waals surface area (Å²) in [6.45, 7) is 5.12. The first-order valence-corrected chi connectivity index (χ1v) is 12.1. The van der Waals surface area contributed by atoms with E-state index in [-0.39, 0.29) is 17.5 Å². The molecule has 3 heterocycles. The summed E-state index contributed by atoms with van der Waals surface area (Å²) in [7, 11) is 1.86. The van der Waals surface area contributed by atoms with Crippen LogP contribution in [0.4, 0.5) is 5.69 Å². The number of carbonyl (C=O) groups excluding carboxylic acids is 1. The molecule has 0 atom stereocenters. The number of piperidine rings is 1. The van der Waals surface area contributed by atoms with Crippen LogP contribution in [0.5, 0.6) is 0 Å². The summed E-state index contributed by atoms with van der Waals surface area (Å²) in [6.07, 6.45) is 12.2. The molecule has 1 amide bonds. The minimum atomic E-state index is -0.0438. The molecular weight excluding hydrogens is 414 g/mol. The lowest BCUT2D eigenvalue weighted by Crippen LogP contribution is -2.48. The van der Waals surface area contributed by atoms with E-state index in [2.05, 4.69) is 33.2 Å². The second-order valence-electron chi connectivity index (χ2n) is 9.10. The number of likely N-dealkylation sites (tertiary alicyclic amines) is 1. The number of hydrogen-bond donors (Lipinski definition) is 2. The van der Waals surface area contributed by atoms with Gasteiger partial charge in [-0.05, 0) is 68.8 Å². The Balaban J connectivity index is 1.53. The molecule has 2 aromatic rings. The van der Waals surface area contributed by atoms with Gasteiger partial charge in [0.05, 0.1) is 0 Å². The smallest absolute Gasteiger partial charge is 0.271 e. The van der Waals surface area contributed by atoms with Crippen molar-refractivity contribution in [2.45, 2.75) is 45.1 Å². The molecule has 0 aromatic carbocycles. The van der Waals surface area contributed by atoms with E-state index in [0.29, 0.717) is 12.5 Å². The number of pyridine rings is 2. The van der Waals surface area contributed by atoms with E-state index >= 15 is 0 Å². The minimum absolute atomic E-state index is 0.0438. The van der Waals surface area contributed by atoms with Gasteiger partial charge in [-0.2, -0.15) is 0 Å². The zero-order valence-corrected chi connectivity index (χ0v) is 19.7. The highest BCUT2D eigenvalue weighted by atomic mass is 16.2. The molecule has 7 heteroatoms. The molecule has 0 spiro atoms.